The molecule has 1 aliphatic heterocycles. The first-order valence-corrected chi connectivity index (χ1v) is 10.6. The lowest BCUT2D eigenvalue weighted by molar-refractivity contribution is -0.114. The molecule has 1 heterocycles. The van der Waals surface area contributed by atoms with Crippen molar-refractivity contribution in [1.29, 1.82) is 0 Å². The van der Waals surface area contributed by atoms with Gasteiger partial charge in [-0.1, -0.05) is 17.7 Å². The Morgan fingerprint density at radius 1 is 1.11 bits per heavy atom. The van der Waals surface area contributed by atoms with Crippen LogP contribution in [0.4, 0.5) is 11.4 Å². The van der Waals surface area contributed by atoms with Crippen LogP contribution in [0.15, 0.2) is 47.4 Å². The molecular formula is C19H22ClN3O3S. The van der Waals surface area contributed by atoms with E-state index in [1.165, 1.54) is 16.4 Å². The summed E-state index contributed by atoms with van der Waals surface area (Å²) in [4.78, 5) is 12.4. The van der Waals surface area contributed by atoms with E-state index in [4.69, 9.17) is 11.6 Å². The molecule has 3 rings (SSSR count). The summed E-state index contributed by atoms with van der Waals surface area (Å²) in [5.74, 6) is -0.248. The largest absolute Gasteiger partial charge is 0.375 e. The molecule has 1 fully saturated rings. The van der Waals surface area contributed by atoms with Crippen LogP contribution in [0.2, 0.25) is 5.02 Å². The first-order chi connectivity index (χ1) is 12.9. The number of rotatable bonds is 6. The lowest BCUT2D eigenvalue weighted by Crippen LogP contribution is -2.27. The van der Waals surface area contributed by atoms with Crippen molar-refractivity contribution in [2.24, 2.45) is 0 Å². The third-order valence-electron chi connectivity index (χ3n) is 4.40. The van der Waals surface area contributed by atoms with Gasteiger partial charge >= 0.3 is 0 Å². The lowest BCUT2D eigenvalue weighted by atomic mass is 10.2. The van der Waals surface area contributed by atoms with Crippen molar-refractivity contribution < 1.29 is 13.2 Å². The zero-order valence-electron chi connectivity index (χ0n) is 15.0. The van der Waals surface area contributed by atoms with Crippen LogP contribution in [0.5, 0.6) is 0 Å². The Morgan fingerprint density at radius 2 is 1.78 bits per heavy atom. The van der Waals surface area contributed by atoms with Crippen LogP contribution in [0, 0.1) is 6.92 Å². The minimum atomic E-state index is -3.44. The van der Waals surface area contributed by atoms with Crippen LogP contribution in [-0.4, -0.2) is 38.3 Å². The highest BCUT2D eigenvalue weighted by Crippen LogP contribution is 2.23. The smallest absolute Gasteiger partial charge is 0.243 e. The lowest BCUT2D eigenvalue weighted by Gasteiger charge is -2.15. The standard InChI is InChI=1S/C19H22ClN3O3S/c1-14-4-9-18(17(20)12-14)21-13-19(24)22-15-5-7-16(8-6-15)27(25,26)23-10-2-3-11-23/h4-9,12,21H,2-3,10-11,13H2,1H3,(H,22,24). The van der Waals surface area contributed by atoms with E-state index < -0.39 is 10.0 Å². The maximum absolute atomic E-state index is 12.5. The third-order valence-corrected chi connectivity index (χ3v) is 6.63. The summed E-state index contributed by atoms with van der Waals surface area (Å²) in [5.41, 5.74) is 2.26. The van der Waals surface area contributed by atoms with Crippen LogP contribution in [0.3, 0.4) is 0 Å². The number of hydrogen-bond donors (Lipinski definition) is 2. The average molecular weight is 408 g/mol. The summed E-state index contributed by atoms with van der Waals surface area (Å²) >= 11 is 6.13. The van der Waals surface area contributed by atoms with E-state index in [1.807, 2.05) is 25.1 Å². The quantitative estimate of drug-likeness (QED) is 0.768. The summed E-state index contributed by atoms with van der Waals surface area (Å²) in [6.45, 7) is 3.12. The number of nitrogens with zero attached hydrogens (tertiary/aromatic N) is 1. The molecule has 0 radical (unpaired) electrons. The number of hydrogen-bond acceptors (Lipinski definition) is 4. The van der Waals surface area contributed by atoms with Gasteiger partial charge in [0.15, 0.2) is 0 Å². The first-order valence-electron chi connectivity index (χ1n) is 8.76. The second kappa shape index (κ2) is 8.29. The highest BCUT2D eigenvalue weighted by molar-refractivity contribution is 7.89. The monoisotopic (exact) mass is 407 g/mol. The summed E-state index contributed by atoms with van der Waals surface area (Å²) in [6.07, 6.45) is 1.79. The fraction of sp³-hybridized carbons (Fsp3) is 0.316. The van der Waals surface area contributed by atoms with Gasteiger partial charge in [0.05, 0.1) is 22.2 Å². The molecule has 1 aliphatic rings. The molecular weight excluding hydrogens is 386 g/mol. The van der Waals surface area contributed by atoms with E-state index in [-0.39, 0.29) is 17.3 Å². The summed E-state index contributed by atoms with van der Waals surface area (Å²) in [5, 5.41) is 6.28. The van der Waals surface area contributed by atoms with E-state index in [2.05, 4.69) is 10.6 Å². The topological polar surface area (TPSA) is 78.5 Å². The number of carbonyl (C=O) groups excluding carboxylic acids is 1. The van der Waals surface area contributed by atoms with Gasteiger partial charge in [0.1, 0.15) is 0 Å². The van der Waals surface area contributed by atoms with Gasteiger partial charge in [-0.3, -0.25) is 4.79 Å². The summed E-state index contributed by atoms with van der Waals surface area (Å²) in [7, 11) is -3.44. The van der Waals surface area contributed by atoms with Crippen LogP contribution < -0.4 is 10.6 Å². The highest BCUT2D eigenvalue weighted by atomic mass is 35.5. The van der Waals surface area contributed by atoms with Crippen molar-refractivity contribution in [3.05, 3.63) is 53.1 Å². The molecule has 0 unspecified atom stereocenters. The Kier molecular flexibility index (Phi) is 6.04. The Morgan fingerprint density at radius 3 is 2.41 bits per heavy atom. The Balaban J connectivity index is 1.58. The number of nitrogens with one attached hydrogen (secondary N) is 2. The molecule has 0 spiro atoms. The molecule has 27 heavy (non-hydrogen) atoms. The van der Waals surface area contributed by atoms with Crippen molar-refractivity contribution >= 4 is 38.9 Å². The zero-order chi connectivity index (χ0) is 19.4. The van der Waals surface area contributed by atoms with Crippen molar-refractivity contribution in [2.45, 2.75) is 24.7 Å². The SMILES string of the molecule is Cc1ccc(NCC(=O)Nc2ccc(S(=O)(=O)N3CCCC3)cc2)c(Cl)c1. The van der Waals surface area contributed by atoms with Crippen LogP contribution >= 0.6 is 11.6 Å². The predicted octanol–water partition coefficient (Wildman–Crippen LogP) is 3.48. The molecule has 2 aromatic rings. The Hall–Kier alpha value is -2.09. The number of aryl methyl sites for hydroxylation is 1. The van der Waals surface area contributed by atoms with Gasteiger partial charge in [0, 0.05) is 18.8 Å². The minimum Gasteiger partial charge on any atom is -0.375 e. The average Bonchev–Trinajstić information content (AvgIpc) is 3.17. The molecule has 1 amide bonds. The van der Waals surface area contributed by atoms with Gasteiger partial charge in [0.25, 0.3) is 0 Å². The molecule has 0 aromatic heterocycles. The van der Waals surface area contributed by atoms with E-state index >= 15 is 0 Å². The highest BCUT2D eigenvalue weighted by Gasteiger charge is 2.26. The van der Waals surface area contributed by atoms with Crippen molar-refractivity contribution in [1.82, 2.24) is 4.31 Å². The van der Waals surface area contributed by atoms with Crippen molar-refractivity contribution in [3.63, 3.8) is 0 Å². The van der Waals surface area contributed by atoms with E-state index in [0.717, 1.165) is 18.4 Å². The number of sulfonamides is 1. The van der Waals surface area contributed by atoms with E-state index in [0.29, 0.717) is 29.5 Å². The third kappa shape index (κ3) is 4.80. The van der Waals surface area contributed by atoms with Gasteiger partial charge in [-0.25, -0.2) is 8.42 Å². The van der Waals surface area contributed by atoms with Gasteiger partial charge in [-0.2, -0.15) is 4.31 Å². The molecule has 0 aliphatic carbocycles. The normalized spacial score (nSPS) is 14.9. The Bertz CT molecular complexity index is 924. The summed E-state index contributed by atoms with van der Waals surface area (Å²) in [6, 6.07) is 11.8. The molecule has 0 atom stereocenters. The van der Waals surface area contributed by atoms with Gasteiger partial charge in [-0.05, 0) is 61.7 Å². The fourth-order valence-corrected chi connectivity index (χ4v) is 4.75. The molecule has 0 saturated carbocycles. The first kappa shape index (κ1) is 19.7. The molecule has 8 heteroatoms. The molecule has 6 nitrogen and oxygen atoms in total. The Labute approximate surface area is 164 Å². The number of halogens is 1. The molecule has 2 aromatic carbocycles. The van der Waals surface area contributed by atoms with Gasteiger partial charge in [0.2, 0.25) is 15.9 Å². The number of carbonyl (C=O) groups is 1. The van der Waals surface area contributed by atoms with Crippen LogP contribution in [0.25, 0.3) is 0 Å². The number of anilines is 2. The second-order valence-electron chi connectivity index (χ2n) is 6.52. The van der Waals surface area contributed by atoms with E-state index in [1.54, 1.807) is 12.1 Å². The maximum Gasteiger partial charge on any atom is 0.243 e. The van der Waals surface area contributed by atoms with Crippen molar-refractivity contribution in [3.8, 4) is 0 Å². The minimum absolute atomic E-state index is 0.0522. The fourth-order valence-electron chi connectivity index (χ4n) is 2.93. The van der Waals surface area contributed by atoms with Crippen LogP contribution in [0.1, 0.15) is 18.4 Å². The van der Waals surface area contributed by atoms with Crippen molar-refractivity contribution in [2.75, 3.05) is 30.3 Å². The van der Waals surface area contributed by atoms with Crippen LogP contribution in [-0.2, 0) is 14.8 Å². The van der Waals surface area contributed by atoms with Gasteiger partial charge < -0.3 is 10.6 Å². The maximum atomic E-state index is 12.5. The van der Waals surface area contributed by atoms with Gasteiger partial charge in [-0.15, -0.1) is 0 Å². The molecule has 0 bridgehead atoms. The number of benzene rings is 2. The predicted molar refractivity (Wildman–Crippen MR) is 108 cm³/mol. The molecule has 2 N–H and O–H groups in total. The summed E-state index contributed by atoms with van der Waals surface area (Å²) < 4.78 is 26.5. The van der Waals surface area contributed by atoms with E-state index in [9.17, 15) is 13.2 Å². The number of amides is 1. The zero-order valence-corrected chi connectivity index (χ0v) is 16.6. The second-order valence-corrected chi connectivity index (χ2v) is 8.87. The molecule has 144 valence electrons. The molecule has 1 saturated heterocycles.